The summed E-state index contributed by atoms with van der Waals surface area (Å²) >= 11 is 3.56. The number of aromatic nitrogens is 2. The number of halogens is 1. The molecule has 3 aromatic rings. The molecule has 42 heavy (non-hydrogen) atoms. The van der Waals surface area contributed by atoms with Gasteiger partial charge >= 0.3 is 0 Å². The van der Waals surface area contributed by atoms with Crippen molar-refractivity contribution >= 4 is 60.5 Å². The highest BCUT2D eigenvalue weighted by Gasteiger charge is 2.36. The summed E-state index contributed by atoms with van der Waals surface area (Å²) in [5.74, 6) is 1.78. The monoisotopic (exact) mass is 655 g/mol. The molecule has 0 amide bonds. The molecule has 0 spiro atoms. The van der Waals surface area contributed by atoms with Gasteiger partial charge < -0.3 is 25.2 Å². The van der Waals surface area contributed by atoms with Gasteiger partial charge in [0.1, 0.15) is 17.2 Å². The molecular formula is C30H38BrN7O3S. The molecular weight excluding hydrogens is 618 g/mol. The zero-order valence-corrected chi connectivity index (χ0v) is 27.1. The van der Waals surface area contributed by atoms with Crippen LogP contribution < -0.4 is 24.6 Å². The lowest BCUT2D eigenvalue weighted by molar-refractivity contribution is 0.139. The Balaban J connectivity index is 1.28. The van der Waals surface area contributed by atoms with Crippen LogP contribution in [0.2, 0.25) is 0 Å². The lowest BCUT2D eigenvalue weighted by Crippen LogP contribution is -2.42. The topological polar surface area (TPSA) is 103 Å². The highest BCUT2D eigenvalue weighted by Crippen LogP contribution is 2.47. The largest absolute Gasteiger partial charge is 0.485 e. The quantitative estimate of drug-likeness (QED) is 0.351. The first kappa shape index (κ1) is 29.0. The zero-order chi connectivity index (χ0) is 29.8. The van der Waals surface area contributed by atoms with E-state index >= 15 is 0 Å². The second-order valence-corrected chi connectivity index (χ2v) is 15.0. The van der Waals surface area contributed by atoms with Crippen molar-refractivity contribution in [2.24, 2.45) is 0 Å². The van der Waals surface area contributed by atoms with Crippen LogP contribution in [0, 0.1) is 0 Å². The summed E-state index contributed by atoms with van der Waals surface area (Å²) in [6.07, 6.45) is 6.69. The van der Waals surface area contributed by atoms with Crippen molar-refractivity contribution in [2.75, 3.05) is 59.8 Å². The fraction of sp³-hybridized carbons (Fsp3) is 0.467. The molecule has 1 fully saturated rings. The number of fused-ring (bicyclic) bond motifs is 2. The van der Waals surface area contributed by atoms with Crippen molar-refractivity contribution in [2.45, 2.75) is 51.2 Å². The van der Waals surface area contributed by atoms with Crippen molar-refractivity contribution in [3.05, 3.63) is 52.1 Å². The molecule has 2 N–H and O–H groups in total. The first-order valence-corrected chi connectivity index (χ1v) is 17.0. The second kappa shape index (κ2) is 10.9. The van der Waals surface area contributed by atoms with E-state index in [0.29, 0.717) is 46.6 Å². The Bertz CT molecular complexity index is 1620. The van der Waals surface area contributed by atoms with Crippen molar-refractivity contribution in [1.29, 1.82) is 0 Å². The SMILES string of the molecule is CN(C)C1CCN(c2ccc(Nc3ncc(Br)c(Nc4cccc5c4N(S(C)(=O)=O)CC5)n3)c3c2CC(C)(C)O3)CC1. The van der Waals surface area contributed by atoms with Gasteiger partial charge in [-0.25, -0.2) is 13.4 Å². The van der Waals surface area contributed by atoms with E-state index in [4.69, 9.17) is 9.72 Å². The number of nitrogens with one attached hydrogen (secondary N) is 2. The van der Waals surface area contributed by atoms with Gasteiger partial charge in [0.05, 0.1) is 27.8 Å². The van der Waals surface area contributed by atoms with Gasteiger partial charge in [0.2, 0.25) is 16.0 Å². The molecule has 12 heteroatoms. The number of sulfonamides is 1. The minimum Gasteiger partial charge on any atom is -0.485 e. The third kappa shape index (κ3) is 5.63. The molecule has 224 valence electrons. The van der Waals surface area contributed by atoms with Crippen molar-refractivity contribution in [3.63, 3.8) is 0 Å². The van der Waals surface area contributed by atoms with E-state index in [0.717, 1.165) is 49.4 Å². The zero-order valence-electron chi connectivity index (χ0n) is 24.7. The van der Waals surface area contributed by atoms with E-state index in [1.165, 1.54) is 21.8 Å². The van der Waals surface area contributed by atoms with Crippen LogP contribution in [-0.4, -0.2) is 74.9 Å². The Kier molecular flexibility index (Phi) is 7.51. The van der Waals surface area contributed by atoms with E-state index in [9.17, 15) is 8.42 Å². The predicted octanol–water partition coefficient (Wildman–Crippen LogP) is 5.29. The summed E-state index contributed by atoms with van der Waals surface area (Å²) < 4.78 is 33.5. The molecule has 0 atom stereocenters. The van der Waals surface area contributed by atoms with E-state index < -0.39 is 10.0 Å². The number of benzene rings is 2. The Morgan fingerprint density at radius 1 is 1.07 bits per heavy atom. The number of anilines is 6. The summed E-state index contributed by atoms with van der Waals surface area (Å²) in [7, 11) is 0.920. The van der Waals surface area contributed by atoms with Gasteiger partial charge in [-0.1, -0.05) is 12.1 Å². The summed E-state index contributed by atoms with van der Waals surface area (Å²) in [4.78, 5) is 14.1. The van der Waals surface area contributed by atoms with Gasteiger partial charge in [-0.05, 0) is 86.9 Å². The van der Waals surface area contributed by atoms with Gasteiger partial charge in [-0.3, -0.25) is 4.31 Å². The van der Waals surface area contributed by atoms with Crippen LogP contribution >= 0.6 is 15.9 Å². The molecule has 3 aliphatic heterocycles. The van der Waals surface area contributed by atoms with E-state index in [-0.39, 0.29) is 5.60 Å². The highest BCUT2D eigenvalue weighted by atomic mass is 79.9. The summed E-state index contributed by atoms with van der Waals surface area (Å²) in [5.41, 5.74) is 5.28. The average Bonchev–Trinajstić information content (AvgIpc) is 3.52. The maximum Gasteiger partial charge on any atom is 0.232 e. The van der Waals surface area contributed by atoms with Crippen LogP contribution in [0.3, 0.4) is 0 Å². The lowest BCUT2D eigenvalue weighted by atomic mass is 9.97. The van der Waals surface area contributed by atoms with E-state index in [1.807, 2.05) is 18.2 Å². The Labute approximate surface area is 256 Å². The minimum atomic E-state index is -3.41. The maximum absolute atomic E-state index is 12.5. The number of hydrogen-bond acceptors (Lipinski definition) is 9. The van der Waals surface area contributed by atoms with Crippen molar-refractivity contribution < 1.29 is 13.2 Å². The molecule has 0 bridgehead atoms. The van der Waals surface area contributed by atoms with Gasteiger partial charge in [0, 0.05) is 49.5 Å². The first-order chi connectivity index (χ1) is 19.9. The van der Waals surface area contributed by atoms with Crippen LogP contribution in [0.15, 0.2) is 41.0 Å². The summed E-state index contributed by atoms with van der Waals surface area (Å²) in [6, 6.07) is 10.6. The highest BCUT2D eigenvalue weighted by molar-refractivity contribution is 9.10. The molecule has 0 radical (unpaired) electrons. The van der Waals surface area contributed by atoms with Crippen LogP contribution in [-0.2, 0) is 22.9 Å². The molecule has 1 saturated heterocycles. The predicted molar refractivity (Wildman–Crippen MR) is 172 cm³/mol. The van der Waals surface area contributed by atoms with Crippen LogP contribution in [0.25, 0.3) is 0 Å². The summed E-state index contributed by atoms with van der Waals surface area (Å²) in [5, 5.41) is 6.74. The molecule has 0 aliphatic carbocycles. The van der Waals surface area contributed by atoms with Gasteiger partial charge in [-0.2, -0.15) is 4.98 Å². The van der Waals surface area contributed by atoms with Crippen LogP contribution in [0.1, 0.15) is 37.8 Å². The van der Waals surface area contributed by atoms with Gasteiger partial charge in [0.25, 0.3) is 0 Å². The van der Waals surface area contributed by atoms with Crippen LogP contribution in [0.5, 0.6) is 5.75 Å². The minimum absolute atomic E-state index is 0.316. The molecule has 0 unspecified atom stereocenters. The summed E-state index contributed by atoms with van der Waals surface area (Å²) in [6.45, 7) is 6.71. The molecule has 3 aliphatic rings. The normalized spacial score (nSPS) is 18.2. The fourth-order valence-electron chi connectivity index (χ4n) is 6.28. The average molecular weight is 657 g/mol. The number of ether oxygens (including phenoxy) is 1. The number of para-hydroxylation sites is 1. The van der Waals surface area contributed by atoms with Crippen molar-refractivity contribution in [3.8, 4) is 5.75 Å². The maximum atomic E-state index is 12.5. The molecule has 1 aromatic heterocycles. The van der Waals surface area contributed by atoms with E-state index in [1.54, 1.807) is 6.20 Å². The number of rotatable bonds is 7. The molecule has 4 heterocycles. The number of piperidine rings is 1. The Hall–Kier alpha value is -3.09. The first-order valence-electron chi connectivity index (χ1n) is 14.3. The Morgan fingerprint density at radius 3 is 2.55 bits per heavy atom. The number of nitrogens with zero attached hydrogens (tertiary/aromatic N) is 5. The van der Waals surface area contributed by atoms with Gasteiger partial charge in [-0.15, -0.1) is 0 Å². The van der Waals surface area contributed by atoms with Crippen molar-refractivity contribution in [1.82, 2.24) is 14.9 Å². The molecule has 2 aromatic carbocycles. The lowest BCUT2D eigenvalue weighted by Gasteiger charge is -2.37. The second-order valence-electron chi connectivity index (χ2n) is 12.2. The molecule has 0 saturated carbocycles. The third-order valence-corrected chi connectivity index (χ3v) is 10.1. The Morgan fingerprint density at radius 2 is 1.83 bits per heavy atom. The third-order valence-electron chi connectivity index (χ3n) is 8.35. The van der Waals surface area contributed by atoms with E-state index in [2.05, 4.69) is 81.4 Å². The smallest absolute Gasteiger partial charge is 0.232 e. The molecule has 6 rings (SSSR count). The molecule has 10 nitrogen and oxygen atoms in total. The standard InChI is InChI=1S/C30H38BrN7O3S/c1-30(2)17-21-25(37-14-12-20(13-15-37)36(3)4)10-9-24(27(21)41-30)34-29-32-18-22(31)28(35-29)33-23-8-6-7-19-11-16-38(26(19)23)42(5,39)40/h6-10,18,20H,11-17H2,1-5H3,(H2,32,33,34,35). The van der Waals surface area contributed by atoms with Crippen LogP contribution in [0.4, 0.5) is 34.5 Å². The number of hydrogen-bond donors (Lipinski definition) is 2. The van der Waals surface area contributed by atoms with Gasteiger partial charge in [0.15, 0.2) is 0 Å². The fourth-order valence-corrected chi connectivity index (χ4v) is 7.54.